The summed E-state index contributed by atoms with van der Waals surface area (Å²) in [4.78, 5) is 11.9. The van der Waals surface area contributed by atoms with Gasteiger partial charge in [0.15, 0.2) is 0 Å². The molecule has 3 N–H and O–H groups in total. The molecule has 2 aromatic rings. The first-order valence-electron chi connectivity index (χ1n) is 5.79. The highest BCUT2D eigenvalue weighted by Gasteiger charge is 2.11. The fourth-order valence-electron chi connectivity index (χ4n) is 1.59. The van der Waals surface area contributed by atoms with Crippen molar-refractivity contribution in [3.63, 3.8) is 0 Å². The molecule has 0 spiro atoms. The Hall–Kier alpha value is -2.40. The Balaban J connectivity index is 2.05. The van der Waals surface area contributed by atoms with Gasteiger partial charge in [0.2, 0.25) is 0 Å². The SMILES string of the molecule is COc1ccc(C(=O)NNc2cccc(Cl)c2)c(O)c1. The molecule has 0 unspecified atom stereocenters. The van der Waals surface area contributed by atoms with Crippen LogP contribution in [0.4, 0.5) is 5.69 Å². The fraction of sp³-hybridized carbons (Fsp3) is 0.0714. The molecule has 104 valence electrons. The molecule has 2 aromatic carbocycles. The molecule has 0 aromatic heterocycles. The summed E-state index contributed by atoms with van der Waals surface area (Å²) in [6, 6.07) is 11.3. The minimum absolute atomic E-state index is 0.139. The van der Waals surface area contributed by atoms with Crippen molar-refractivity contribution in [2.45, 2.75) is 0 Å². The molecule has 0 saturated heterocycles. The van der Waals surface area contributed by atoms with E-state index in [9.17, 15) is 9.90 Å². The molecule has 0 bridgehead atoms. The monoisotopic (exact) mass is 292 g/mol. The first-order chi connectivity index (χ1) is 9.60. The largest absolute Gasteiger partial charge is 0.507 e. The van der Waals surface area contributed by atoms with Gasteiger partial charge in [-0.2, -0.15) is 0 Å². The summed E-state index contributed by atoms with van der Waals surface area (Å²) in [6.07, 6.45) is 0. The molecule has 0 heterocycles. The van der Waals surface area contributed by atoms with Crippen molar-refractivity contribution in [2.75, 3.05) is 12.5 Å². The van der Waals surface area contributed by atoms with Gasteiger partial charge in [0.25, 0.3) is 5.91 Å². The number of rotatable bonds is 4. The van der Waals surface area contributed by atoms with E-state index in [-0.39, 0.29) is 11.3 Å². The maximum Gasteiger partial charge on any atom is 0.273 e. The number of hydrazine groups is 1. The lowest BCUT2D eigenvalue weighted by Crippen LogP contribution is -2.29. The third kappa shape index (κ3) is 3.33. The number of anilines is 1. The van der Waals surface area contributed by atoms with Crippen LogP contribution in [-0.4, -0.2) is 18.1 Å². The number of hydrogen-bond acceptors (Lipinski definition) is 4. The quantitative estimate of drug-likeness (QED) is 0.758. The van der Waals surface area contributed by atoms with Gasteiger partial charge >= 0.3 is 0 Å². The number of nitrogens with one attached hydrogen (secondary N) is 2. The number of halogens is 1. The summed E-state index contributed by atoms with van der Waals surface area (Å²) in [5, 5.41) is 10.3. The normalized spacial score (nSPS) is 9.90. The highest BCUT2D eigenvalue weighted by molar-refractivity contribution is 6.30. The van der Waals surface area contributed by atoms with Crippen LogP contribution in [-0.2, 0) is 0 Å². The first-order valence-corrected chi connectivity index (χ1v) is 6.17. The summed E-state index contributed by atoms with van der Waals surface area (Å²) in [6.45, 7) is 0. The van der Waals surface area contributed by atoms with E-state index in [2.05, 4.69) is 10.9 Å². The van der Waals surface area contributed by atoms with Crippen LogP contribution in [0.1, 0.15) is 10.4 Å². The number of phenols is 1. The number of phenolic OH excluding ortho intramolecular Hbond substituents is 1. The smallest absolute Gasteiger partial charge is 0.273 e. The van der Waals surface area contributed by atoms with Crippen LogP contribution in [0, 0.1) is 0 Å². The lowest BCUT2D eigenvalue weighted by molar-refractivity contribution is 0.0960. The number of hydrogen-bond donors (Lipinski definition) is 3. The van der Waals surface area contributed by atoms with Crippen LogP contribution in [0.15, 0.2) is 42.5 Å². The third-order valence-electron chi connectivity index (χ3n) is 2.59. The standard InChI is InChI=1S/C14H13ClN2O3/c1-20-11-5-6-12(13(18)8-11)14(19)17-16-10-4-2-3-9(15)7-10/h2-8,16,18H,1H3,(H,17,19). The number of methoxy groups -OCH3 is 1. The Labute approximate surface area is 121 Å². The van der Waals surface area contributed by atoms with E-state index in [1.165, 1.54) is 19.2 Å². The highest BCUT2D eigenvalue weighted by atomic mass is 35.5. The van der Waals surface area contributed by atoms with E-state index < -0.39 is 5.91 Å². The zero-order valence-electron chi connectivity index (χ0n) is 10.7. The lowest BCUT2D eigenvalue weighted by atomic mass is 10.2. The molecule has 0 atom stereocenters. The summed E-state index contributed by atoms with van der Waals surface area (Å²) in [5.41, 5.74) is 5.96. The van der Waals surface area contributed by atoms with E-state index in [0.717, 1.165) is 0 Å². The molecule has 6 heteroatoms. The van der Waals surface area contributed by atoms with Gasteiger partial charge in [0.05, 0.1) is 18.4 Å². The zero-order chi connectivity index (χ0) is 14.5. The van der Waals surface area contributed by atoms with Crippen LogP contribution >= 0.6 is 11.6 Å². The summed E-state index contributed by atoms with van der Waals surface area (Å²) in [5.74, 6) is -0.151. The number of aromatic hydroxyl groups is 1. The molecule has 0 aliphatic rings. The van der Waals surface area contributed by atoms with Crippen molar-refractivity contribution in [2.24, 2.45) is 0 Å². The maximum absolute atomic E-state index is 11.9. The Morgan fingerprint density at radius 1 is 1.25 bits per heavy atom. The van der Waals surface area contributed by atoms with Gasteiger partial charge in [-0.05, 0) is 30.3 Å². The Bertz CT molecular complexity index is 632. The fourth-order valence-corrected chi connectivity index (χ4v) is 1.78. The molecule has 0 aliphatic carbocycles. The second-order valence-electron chi connectivity index (χ2n) is 3.97. The number of ether oxygens (including phenoxy) is 1. The second-order valence-corrected chi connectivity index (χ2v) is 4.41. The molecule has 0 saturated carbocycles. The topological polar surface area (TPSA) is 70.6 Å². The predicted molar refractivity (Wildman–Crippen MR) is 77.2 cm³/mol. The second kappa shape index (κ2) is 6.16. The van der Waals surface area contributed by atoms with Crippen molar-refractivity contribution in [3.05, 3.63) is 53.1 Å². The Morgan fingerprint density at radius 2 is 2.05 bits per heavy atom. The third-order valence-corrected chi connectivity index (χ3v) is 2.83. The molecule has 0 aliphatic heterocycles. The molecule has 5 nitrogen and oxygen atoms in total. The lowest BCUT2D eigenvalue weighted by Gasteiger charge is -2.10. The van der Waals surface area contributed by atoms with Crippen LogP contribution in [0.5, 0.6) is 11.5 Å². The molecular formula is C14H13ClN2O3. The van der Waals surface area contributed by atoms with Crippen molar-refractivity contribution in [3.8, 4) is 11.5 Å². The molecule has 0 fully saturated rings. The molecule has 0 radical (unpaired) electrons. The van der Waals surface area contributed by atoms with Crippen LogP contribution < -0.4 is 15.6 Å². The summed E-state index contributed by atoms with van der Waals surface area (Å²) < 4.78 is 4.95. The van der Waals surface area contributed by atoms with E-state index >= 15 is 0 Å². The van der Waals surface area contributed by atoms with Crippen LogP contribution in [0.3, 0.4) is 0 Å². The van der Waals surface area contributed by atoms with Crippen molar-refractivity contribution >= 4 is 23.2 Å². The molecule has 20 heavy (non-hydrogen) atoms. The van der Waals surface area contributed by atoms with Gasteiger partial charge in [-0.15, -0.1) is 0 Å². The van der Waals surface area contributed by atoms with Crippen LogP contribution in [0.25, 0.3) is 0 Å². The van der Waals surface area contributed by atoms with Crippen LogP contribution in [0.2, 0.25) is 5.02 Å². The van der Waals surface area contributed by atoms with Gasteiger partial charge in [-0.3, -0.25) is 15.6 Å². The van der Waals surface area contributed by atoms with Crippen molar-refractivity contribution in [1.29, 1.82) is 0 Å². The Morgan fingerprint density at radius 3 is 2.70 bits per heavy atom. The van der Waals surface area contributed by atoms with Gasteiger partial charge in [0.1, 0.15) is 11.5 Å². The van der Waals surface area contributed by atoms with Crippen molar-refractivity contribution in [1.82, 2.24) is 5.43 Å². The van der Waals surface area contributed by atoms with E-state index in [0.29, 0.717) is 16.5 Å². The molecule has 1 amide bonds. The number of benzene rings is 2. The first kappa shape index (κ1) is 14.0. The van der Waals surface area contributed by atoms with Gasteiger partial charge < -0.3 is 9.84 Å². The minimum atomic E-state index is -0.467. The Kier molecular flexibility index (Phi) is 4.32. The number of carbonyl (C=O) groups is 1. The maximum atomic E-state index is 11.9. The van der Waals surface area contributed by atoms with E-state index in [4.69, 9.17) is 16.3 Å². The van der Waals surface area contributed by atoms with Gasteiger partial charge in [-0.1, -0.05) is 17.7 Å². The van der Waals surface area contributed by atoms with Crippen molar-refractivity contribution < 1.29 is 14.6 Å². The molecule has 2 rings (SSSR count). The average molecular weight is 293 g/mol. The van der Waals surface area contributed by atoms with Gasteiger partial charge in [-0.25, -0.2) is 0 Å². The minimum Gasteiger partial charge on any atom is -0.507 e. The van der Waals surface area contributed by atoms with Gasteiger partial charge in [0, 0.05) is 11.1 Å². The molecular weight excluding hydrogens is 280 g/mol. The summed E-state index contributed by atoms with van der Waals surface area (Å²) in [7, 11) is 1.48. The summed E-state index contributed by atoms with van der Waals surface area (Å²) >= 11 is 5.83. The highest BCUT2D eigenvalue weighted by Crippen LogP contribution is 2.23. The number of amides is 1. The zero-order valence-corrected chi connectivity index (χ0v) is 11.4. The number of carbonyl (C=O) groups excluding carboxylic acids is 1. The predicted octanol–water partition coefficient (Wildman–Crippen LogP) is 2.81. The van der Waals surface area contributed by atoms with E-state index in [1.807, 2.05) is 0 Å². The average Bonchev–Trinajstić information content (AvgIpc) is 2.44. The van der Waals surface area contributed by atoms with E-state index in [1.54, 1.807) is 30.3 Å².